The van der Waals surface area contributed by atoms with Gasteiger partial charge in [0.05, 0.1) is 0 Å². The van der Waals surface area contributed by atoms with E-state index in [0.29, 0.717) is 19.3 Å². The molecule has 0 amide bonds. The lowest BCUT2D eigenvalue weighted by Gasteiger charge is -2.18. The Hall–Kier alpha value is -2.63. The Kier molecular flexibility index (Phi) is 67.6. The van der Waals surface area contributed by atoms with E-state index in [1.165, 1.54) is 270 Å². The minimum Gasteiger partial charge on any atom is -0.462 e. The summed E-state index contributed by atoms with van der Waals surface area (Å²) in [5.74, 6) is -0.869. The zero-order valence-electron chi connectivity index (χ0n) is 54.6. The van der Waals surface area contributed by atoms with Gasteiger partial charge in [-0.2, -0.15) is 0 Å². The SMILES string of the molecule is CCCC/C=C\CCCCCCCC(=O)OCC(COC(=O)CCCCCCCCCCCCCCCCCCCCCCCCCCCCCCC)OC(=O)CCCCCCCCCC/C=C\C/C=C\C/C=C\CCCCCCC. The molecule has 0 aromatic heterocycles. The van der Waals surface area contributed by atoms with E-state index in [4.69, 9.17) is 14.2 Å². The van der Waals surface area contributed by atoms with Crippen molar-refractivity contribution >= 4 is 17.9 Å². The zero-order valence-corrected chi connectivity index (χ0v) is 54.6. The van der Waals surface area contributed by atoms with E-state index in [-0.39, 0.29) is 31.1 Å². The van der Waals surface area contributed by atoms with Gasteiger partial charge in [-0.15, -0.1) is 0 Å². The van der Waals surface area contributed by atoms with Gasteiger partial charge in [-0.05, 0) is 77.0 Å². The van der Waals surface area contributed by atoms with Crippen LogP contribution in [0, 0.1) is 0 Å². The molecule has 1 atom stereocenters. The first-order valence-electron chi connectivity index (χ1n) is 36.1. The van der Waals surface area contributed by atoms with Gasteiger partial charge < -0.3 is 14.2 Å². The number of esters is 3. The van der Waals surface area contributed by atoms with Crippen molar-refractivity contribution < 1.29 is 28.6 Å². The van der Waals surface area contributed by atoms with E-state index in [0.717, 1.165) is 83.5 Å². The van der Waals surface area contributed by atoms with Crippen LogP contribution in [-0.4, -0.2) is 37.2 Å². The van der Waals surface area contributed by atoms with Gasteiger partial charge in [0, 0.05) is 19.3 Å². The maximum absolute atomic E-state index is 12.9. The van der Waals surface area contributed by atoms with Crippen molar-refractivity contribution in [2.75, 3.05) is 13.2 Å². The number of carbonyl (C=O) groups is 3. The standard InChI is InChI=1S/C75H138O6/c1-4-7-10-13-16-19-22-24-26-28-30-32-34-35-36-37-38-39-41-42-44-46-48-50-53-56-59-62-65-68-74(77)80-71-72(70-79-73(76)67-64-61-58-55-52-21-18-15-12-9-6-3)81-75(78)69-66-63-60-57-54-51-49-47-45-43-40-33-31-29-27-25-23-20-17-14-11-8-5-2/h15,18,23,25,29,31,40,43,72H,4-14,16-17,19-22,24,26-28,30,32-39,41-42,44-71H2,1-3H3/b18-15-,25-23-,31-29-,43-40-. The fourth-order valence-corrected chi connectivity index (χ4v) is 10.8. The van der Waals surface area contributed by atoms with Gasteiger partial charge in [0.1, 0.15) is 13.2 Å². The molecule has 81 heavy (non-hydrogen) atoms. The van der Waals surface area contributed by atoms with Crippen molar-refractivity contribution in [1.29, 1.82) is 0 Å². The maximum Gasteiger partial charge on any atom is 0.306 e. The van der Waals surface area contributed by atoms with Crippen LogP contribution in [0.2, 0.25) is 0 Å². The lowest BCUT2D eigenvalue weighted by molar-refractivity contribution is -0.167. The molecular weight excluding hydrogens is 997 g/mol. The summed E-state index contributed by atoms with van der Waals surface area (Å²) in [5.41, 5.74) is 0. The maximum atomic E-state index is 12.9. The lowest BCUT2D eigenvalue weighted by Crippen LogP contribution is -2.30. The Morgan fingerprint density at radius 3 is 0.741 bits per heavy atom. The van der Waals surface area contributed by atoms with Crippen molar-refractivity contribution in [2.45, 2.75) is 399 Å². The Bertz CT molecular complexity index is 1400. The number of ether oxygens (including phenoxy) is 3. The smallest absolute Gasteiger partial charge is 0.306 e. The molecule has 0 heterocycles. The van der Waals surface area contributed by atoms with Crippen molar-refractivity contribution in [3.63, 3.8) is 0 Å². The lowest BCUT2D eigenvalue weighted by atomic mass is 10.0. The highest BCUT2D eigenvalue weighted by molar-refractivity contribution is 5.71. The Labute approximate surface area is 505 Å². The molecule has 0 aromatic carbocycles. The van der Waals surface area contributed by atoms with Gasteiger partial charge in [0.15, 0.2) is 6.10 Å². The third kappa shape index (κ3) is 68.0. The molecule has 1 unspecified atom stereocenters. The highest BCUT2D eigenvalue weighted by Crippen LogP contribution is 2.19. The fourth-order valence-electron chi connectivity index (χ4n) is 10.8. The monoisotopic (exact) mass is 1140 g/mol. The average molecular weight is 1140 g/mol. The molecule has 6 heteroatoms. The Morgan fingerprint density at radius 2 is 0.457 bits per heavy atom. The topological polar surface area (TPSA) is 78.9 Å². The molecule has 0 radical (unpaired) electrons. The molecule has 0 aliphatic heterocycles. The predicted molar refractivity (Wildman–Crippen MR) is 353 cm³/mol. The number of unbranched alkanes of at least 4 members (excludes halogenated alkanes) is 48. The summed E-state index contributed by atoms with van der Waals surface area (Å²) in [6.07, 6.45) is 88.7. The summed E-state index contributed by atoms with van der Waals surface area (Å²) < 4.78 is 17.0. The normalized spacial score (nSPS) is 12.3. The third-order valence-corrected chi connectivity index (χ3v) is 16.3. The molecule has 0 bridgehead atoms. The molecular formula is C75H138O6. The molecule has 0 rings (SSSR count). The highest BCUT2D eigenvalue weighted by Gasteiger charge is 2.19. The summed E-state index contributed by atoms with van der Waals surface area (Å²) in [4.78, 5) is 38.4. The van der Waals surface area contributed by atoms with Gasteiger partial charge in [-0.1, -0.05) is 345 Å². The quantitative estimate of drug-likeness (QED) is 0.0261. The Morgan fingerprint density at radius 1 is 0.247 bits per heavy atom. The molecule has 0 spiro atoms. The molecule has 0 saturated heterocycles. The number of carbonyl (C=O) groups excluding carboxylic acids is 3. The van der Waals surface area contributed by atoms with E-state index in [1.54, 1.807) is 0 Å². The zero-order chi connectivity index (χ0) is 58.5. The summed E-state index contributed by atoms with van der Waals surface area (Å²) in [5, 5.41) is 0. The third-order valence-electron chi connectivity index (χ3n) is 16.3. The number of rotatable bonds is 67. The van der Waals surface area contributed by atoms with Crippen LogP contribution in [0.5, 0.6) is 0 Å². The first-order valence-corrected chi connectivity index (χ1v) is 36.1. The van der Waals surface area contributed by atoms with Crippen LogP contribution in [0.3, 0.4) is 0 Å². The van der Waals surface area contributed by atoms with Crippen molar-refractivity contribution in [3.05, 3.63) is 48.6 Å². The van der Waals surface area contributed by atoms with Crippen molar-refractivity contribution in [1.82, 2.24) is 0 Å². The van der Waals surface area contributed by atoms with Crippen LogP contribution in [0.4, 0.5) is 0 Å². The minimum atomic E-state index is -0.780. The summed E-state index contributed by atoms with van der Waals surface area (Å²) in [6.45, 7) is 6.64. The van der Waals surface area contributed by atoms with Crippen LogP contribution in [0.1, 0.15) is 393 Å². The number of hydrogen-bond donors (Lipinski definition) is 0. The highest BCUT2D eigenvalue weighted by atomic mass is 16.6. The van der Waals surface area contributed by atoms with Gasteiger partial charge in [0.25, 0.3) is 0 Å². The summed E-state index contributed by atoms with van der Waals surface area (Å²) in [7, 11) is 0. The van der Waals surface area contributed by atoms with Crippen LogP contribution >= 0.6 is 0 Å². The first kappa shape index (κ1) is 78.4. The van der Waals surface area contributed by atoms with Gasteiger partial charge >= 0.3 is 17.9 Å². The van der Waals surface area contributed by atoms with Crippen molar-refractivity contribution in [3.8, 4) is 0 Å². The molecule has 6 nitrogen and oxygen atoms in total. The largest absolute Gasteiger partial charge is 0.462 e. The second-order valence-corrected chi connectivity index (χ2v) is 24.5. The van der Waals surface area contributed by atoms with E-state index in [1.807, 2.05) is 0 Å². The number of allylic oxidation sites excluding steroid dienone is 8. The molecule has 0 fully saturated rings. The van der Waals surface area contributed by atoms with E-state index in [2.05, 4.69) is 69.4 Å². The van der Waals surface area contributed by atoms with Gasteiger partial charge in [0.2, 0.25) is 0 Å². The molecule has 0 aliphatic rings. The van der Waals surface area contributed by atoms with Gasteiger partial charge in [-0.25, -0.2) is 0 Å². The second kappa shape index (κ2) is 69.9. The van der Waals surface area contributed by atoms with Gasteiger partial charge in [-0.3, -0.25) is 14.4 Å². The molecule has 0 saturated carbocycles. The average Bonchev–Trinajstić information content (AvgIpc) is 3.47. The molecule has 0 N–H and O–H groups in total. The molecule has 474 valence electrons. The Balaban J connectivity index is 4.16. The molecule has 0 aliphatic carbocycles. The van der Waals surface area contributed by atoms with Crippen molar-refractivity contribution in [2.24, 2.45) is 0 Å². The van der Waals surface area contributed by atoms with Crippen LogP contribution in [0.15, 0.2) is 48.6 Å². The van der Waals surface area contributed by atoms with E-state index in [9.17, 15) is 14.4 Å². The number of hydrogen-bond acceptors (Lipinski definition) is 6. The van der Waals surface area contributed by atoms with E-state index >= 15 is 0 Å². The fraction of sp³-hybridized carbons (Fsp3) is 0.853. The predicted octanol–water partition coefficient (Wildman–Crippen LogP) is 24.9. The first-order chi connectivity index (χ1) is 40.0. The van der Waals surface area contributed by atoms with Crippen LogP contribution < -0.4 is 0 Å². The van der Waals surface area contributed by atoms with E-state index < -0.39 is 6.10 Å². The minimum absolute atomic E-state index is 0.0750. The summed E-state index contributed by atoms with van der Waals surface area (Å²) in [6, 6.07) is 0. The summed E-state index contributed by atoms with van der Waals surface area (Å²) >= 11 is 0. The second-order valence-electron chi connectivity index (χ2n) is 24.5. The van der Waals surface area contributed by atoms with Crippen LogP contribution in [-0.2, 0) is 28.6 Å². The molecule has 0 aromatic rings. The van der Waals surface area contributed by atoms with Crippen LogP contribution in [0.25, 0.3) is 0 Å².